The molecule has 42 heavy (non-hydrogen) atoms. The van der Waals surface area contributed by atoms with Gasteiger partial charge in [0.15, 0.2) is 0 Å². The van der Waals surface area contributed by atoms with Crippen molar-refractivity contribution in [2.24, 2.45) is 0 Å². The minimum Gasteiger partial charge on any atom is -0.381 e. The summed E-state index contributed by atoms with van der Waals surface area (Å²) in [6.45, 7) is 1.55. The highest BCUT2D eigenvalue weighted by atomic mass is 14.9. The molecule has 0 heterocycles. The van der Waals surface area contributed by atoms with Gasteiger partial charge in [-0.1, -0.05) is 146 Å². The fraction of sp³-hybridized carbons (Fsp3) is 0.0500. The maximum Gasteiger partial charge on any atom is 0.0400 e. The maximum absolute atomic E-state index is 3.52. The molecular formula is C40H34N2. The van der Waals surface area contributed by atoms with Gasteiger partial charge in [0, 0.05) is 24.5 Å². The van der Waals surface area contributed by atoms with Crippen LogP contribution in [0.15, 0.2) is 170 Å². The SMILES string of the molecule is c1ccc(NCc2ccc(C(=C(c3ccccc3)c3ccc(CNc4ccccc4)cc3)c3ccccc3)cc2)cc1. The molecule has 0 spiro atoms. The molecule has 0 aliphatic rings. The van der Waals surface area contributed by atoms with E-state index in [1.807, 2.05) is 12.1 Å². The van der Waals surface area contributed by atoms with E-state index in [-0.39, 0.29) is 0 Å². The van der Waals surface area contributed by atoms with E-state index in [1.165, 1.54) is 44.5 Å². The quantitative estimate of drug-likeness (QED) is 0.168. The molecule has 0 saturated carbocycles. The number of hydrogen-bond donors (Lipinski definition) is 2. The normalized spacial score (nSPS) is 11.4. The van der Waals surface area contributed by atoms with Crippen molar-refractivity contribution in [3.8, 4) is 0 Å². The van der Waals surface area contributed by atoms with Crippen molar-refractivity contribution in [1.82, 2.24) is 0 Å². The summed E-state index contributed by atoms with van der Waals surface area (Å²) >= 11 is 0. The smallest absolute Gasteiger partial charge is 0.0400 e. The highest BCUT2D eigenvalue weighted by molar-refractivity contribution is 6.04. The number of benzene rings is 6. The second-order valence-corrected chi connectivity index (χ2v) is 10.3. The average molecular weight is 543 g/mol. The third-order valence-electron chi connectivity index (χ3n) is 7.40. The van der Waals surface area contributed by atoms with E-state index in [1.54, 1.807) is 0 Å². The van der Waals surface area contributed by atoms with Crippen molar-refractivity contribution in [3.63, 3.8) is 0 Å². The van der Waals surface area contributed by atoms with Crippen LogP contribution in [0.4, 0.5) is 11.4 Å². The molecule has 0 radical (unpaired) electrons. The first-order valence-electron chi connectivity index (χ1n) is 14.4. The van der Waals surface area contributed by atoms with Crippen LogP contribution in [0.5, 0.6) is 0 Å². The molecule has 6 aromatic rings. The second kappa shape index (κ2) is 13.3. The third-order valence-corrected chi connectivity index (χ3v) is 7.40. The molecule has 0 aromatic heterocycles. The van der Waals surface area contributed by atoms with Gasteiger partial charge in [0.05, 0.1) is 0 Å². The van der Waals surface area contributed by atoms with Crippen LogP contribution in [-0.4, -0.2) is 0 Å². The largest absolute Gasteiger partial charge is 0.381 e. The standard InChI is InChI=1S/C40H34N2/c1-5-13-33(14-6-1)39(35-25-21-31(22-26-35)29-41-37-17-9-3-10-18-37)40(34-15-7-2-8-16-34)36-27-23-32(24-28-36)30-42-38-19-11-4-12-20-38/h1-28,41-42H,29-30H2. The second-order valence-electron chi connectivity index (χ2n) is 10.3. The molecule has 2 heteroatoms. The van der Waals surface area contributed by atoms with Gasteiger partial charge < -0.3 is 10.6 Å². The van der Waals surface area contributed by atoms with E-state index < -0.39 is 0 Å². The molecule has 2 nitrogen and oxygen atoms in total. The van der Waals surface area contributed by atoms with Crippen LogP contribution in [0.2, 0.25) is 0 Å². The van der Waals surface area contributed by atoms with Crippen LogP contribution < -0.4 is 10.6 Å². The molecule has 0 amide bonds. The Morgan fingerprint density at radius 3 is 0.929 bits per heavy atom. The van der Waals surface area contributed by atoms with Crippen LogP contribution in [0, 0.1) is 0 Å². The average Bonchev–Trinajstić information content (AvgIpc) is 3.08. The van der Waals surface area contributed by atoms with Gasteiger partial charge in [-0.15, -0.1) is 0 Å². The first-order chi connectivity index (χ1) is 20.8. The van der Waals surface area contributed by atoms with Crippen LogP contribution in [0.1, 0.15) is 33.4 Å². The predicted molar refractivity (Wildman–Crippen MR) is 178 cm³/mol. The lowest BCUT2D eigenvalue weighted by Crippen LogP contribution is -2.01. The van der Waals surface area contributed by atoms with Crippen molar-refractivity contribution < 1.29 is 0 Å². The van der Waals surface area contributed by atoms with Crippen LogP contribution in [-0.2, 0) is 13.1 Å². The third kappa shape index (κ3) is 6.68. The molecule has 0 atom stereocenters. The van der Waals surface area contributed by atoms with Crippen molar-refractivity contribution in [1.29, 1.82) is 0 Å². The Kier molecular flexibility index (Phi) is 8.53. The van der Waals surface area contributed by atoms with Crippen molar-refractivity contribution in [2.45, 2.75) is 13.1 Å². The van der Waals surface area contributed by atoms with E-state index >= 15 is 0 Å². The summed E-state index contributed by atoms with van der Waals surface area (Å²) < 4.78 is 0. The Hall–Kier alpha value is -5.34. The lowest BCUT2D eigenvalue weighted by molar-refractivity contribution is 1.15. The van der Waals surface area contributed by atoms with Gasteiger partial charge in [-0.05, 0) is 68.8 Å². The number of hydrogen-bond acceptors (Lipinski definition) is 2. The molecule has 0 saturated heterocycles. The molecule has 0 aliphatic heterocycles. The Bertz CT molecular complexity index is 1580. The highest BCUT2D eigenvalue weighted by Gasteiger charge is 2.16. The first-order valence-corrected chi connectivity index (χ1v) is 14.4. The molecule has 6 aromatic carbocycles. The summed E-state index contributed by atoms with van der Waals surface area (Å²) in [5.74, 6) is 0. The van der Waals surface area contributed by atoms with E-state index in [0.717, 1.165) is 24.5 Å². The number of rotatable bonds is 10. The van der Waals surface area contributed by atoms with Crippen molar-refractivity contribution >= 4 is 22.5 Å². The van der Waals surface area contributed by atoms with Crippen LogP contribution in [0.3, 0.4) is 0 Å². The molecule has 2 N–H and O–H groups in total. The lowest BCUT2D eigenvalue weighted by Gasteiger charge is -2.19. The summed E-state index contributed by atoms with van der Waals surface area (Å²) in [5, 5.41) is 7.05. The number of para-hydroxylation sites is 2. The topological polar surface area (TPSA) is 24.1 Å². The molecule has 0 unspecified atom stereocenters. The summed E-state index contributed by atoms with van der Waals surface area (Å²) in [5.41, 5.74) is 12.0. The number of anilines is 2. The summed E-state index contributed by atoms with van der Waals surface area (Å²) in [6, 6.07) is 60.1. The van der Waals surface area contributed by atoms with Crippen molar-refractivity contribution in [2.75, 3.05) is 10.6 Å². The molecule has 204 valence electrons. The number of nitrogens with one attached hydrogen (secondary N) is 2. The van der Waals surface area contributed by atoms with E-state index in [0.29, 0.717) is 0 Å². The Labute approximate surface area is 249 Å². The predicted octanol–water partition coefficient (Wildman–Crippen LogP) is 9.92. The van der Waals surface area contributed by atoms with Gasteiger partial charge in [-0.25, -0.2) is 0 Å². The molecule has 0 bridgehead atoms. The molecule has 0 fully saturated rings. The summed E-state index contributed by atoms with van der Waals surface area (Å²) in [7, 11) is 0. The Morgan fingerprint density at radius 2 is 0.595 bits per heavy atom. The van der Waals surface area contributed by atoms with Crippen LogP contribution >= 0.6 is 0 Å². The van der Waals surface area contributed by atoms with Crippen molar-refractivity contribution in [3.05, 3.63) is 203 Å². The highest BCUT2D eigenvalue weighted by Crippen LogP contribution is 2.37. The molecule has 0 aliphatic carbocycles. The van der Waals surface area contributed by atoms with Gasteiger partial charge in [0.2, 0.25) is 0 Å². The van der Waals surface area contributed by atoms with E-state index in [4.69, 9.17) is 0 Å². The van der Waals surface area contributed by atoms with E-state index in [9.17, 15) is 0 Å². The van der Waals surface area contributed by atoms with Gasteiger partial charge in [0.1, 0.15) is 0 Å². The van der Waals surface area contributed by atoms with Gasteiger partial charge >= 0.3 is 0 Å². The van der Waals surface area contributed by atoms with Gasteiger partial charge in [-0.3, -0.25) is 0 Å². The lowest BCUT2D eigenvalue weighted by atomic mass is 9.85. The minimum absolute atomic E-state index is 0.776. The first kappa shape index (κ1) is 26.9. The zero-order chi connectivity index (χ0) is 28.4. The maximum atomic E-state index is 3.52. The fourth-order valence-electron chi connectivity index (χ4n) is 5.22. The fourth-order valence-corrected chi connectivity index (χ4v) is 5.22. The summed E-state index contributed by atoms with van der Waals surface area (Å²) in [4.78, 5) is 0. The van der Waals surface area contributed by atoms with Gasteiger partial charge in [0.25, 0.3) is 0 Å². The monoisotopic (exact) mass is 542 g/mol. The summed E-state index contributed by atoms with van der Waals surface area (Å²) in [6.07, 6.45) is 0. The zero-order valence-corrected chi connectivity index (χ0v) is 23.6. The van der Waals surface area contributed by atoms with E-state index in [2.05, 4.69) is 168 Å². The molecular weight excluding hydrogens is 508 g/mol. The Balaban J connectivity index is 1.37. The zero-order valence-electron chi connectivity index (χ0n) is 23.6. The molecule has 6 rings (SSSR count). The van der Waals surface area contributed by atoms with Gasteiger partial charge in [-0.2, -0.15) is 0 Å². The van der Waals surface area contributed by atoms with Crippen LogP contribution in [0.25, 0.3) is 11.1 Å². The Morgan fingerprint density at radius 1 is 0.310 bits per heavy atom. The minimum atomic E-state index is 0.776.